The summed E-state index contributed by atoms with van der Waals surface area (Å²) in [7, 11) is 3.96. The highest BCUT2D eigenvalue weighted by atomic mass is 35.5. The van der Waals surface area contributed by atoms with E-state index in [1.165, 1.54) is 0 Å². The number of aromatic hydroxyl groups is 1. The van der Waals surface area contributed by atoms with Gasteiger partial charge in [0.25, 0.3) is 0 Å². The van der Waals surface area contributed by atoms with E-state index in [2.05, 4.69) is 12.2 Å². The highest BCUT2D eigenvalue weighted by Crippen LogP contribution is 2.35. The van der Waals surface area contributed by atoms with Gasteiger partial charge >= 0.3 is 0 Å². The molecule has 2 rings (SSSR count). The number of hydrogen-bond donors (Lipinski definition) is 2. The third-order valence-electron chi connectivity index (χ3n) is 3.47. The summed E-state index contributed by atoms with van der Waals surface area (Å²) in [6, 6.07) is 13.3. The third-order valence-corrected chi connectivity index (χ3v) is 3.77. The van der Waals surface area contributed by atoms with Crippen LogP contribution in [0, 0.1) is 0 Å². The first-order valence-electron chi connectivity index (χ1n) is 7.04. The molecule has 0 saturated carbocycles. The Labute approximate surface area is 131 Å². The van der Waals surface area contributed by atoms with Crippen LogP contribution in [0.2, 0.25) is 5.02 Å². The summed E-state index contributed by atoms with van der Waals surface area (Å²) in [5, 5.41) is 13.7. The lowest BCUT2D eigenvalue weighted by atomic mass is 10.0. The van der Waals surface area contributed by atoms with Crippen LogP contribution in [0.4, 0.5) is 11.4 Å². The smallest absolute Gasteiger partial charge is 0.115 e. The van der Waals surface area contributed by atoms with Gasteiger partial charge in [0.1, 0.15) is 5.75 Å². The molecule has 0 amide bonds. The SMILES string of the molecule is CCC(Nc1cccc(Cl)c1N(C)C)c1ccc(O)cc1. The number of rotatable bonds is 5. The van der Waals surface area contributed by atoms with E-state index in [9.17, 15) is 5.11 Å². The van der Waals surface area contributed by atoms with Gasteiger partial charge in [0.05, 0.1) is 22.4 Å². The van der Waals surface area contributed by atoms with Crippen LogP contribution < -0.4 is 10.2 Å². The fourth-order valence-electron chi connectivity index (χ4n) is 2.40. The van der Waals surface area contributed by atoms with Crippen LogP contribution in [-0.2, 0) is 0 Å². The first-order chi connectivity index (χ1) is 10.0. The first kappa shape index (κ1) is 15.5. The second kappa shape index (κ2) is 6.72. The Morgan fingerprint density at radius 2 is 1.81 bits per heavy atom. The van der Waals surface area contributed by atoms with Crippen molar-refractivity contribution in [2.45, 2.75) is 19.4 Å². The Balaban J connectivity index is 2.31. The molecule has 0 aliphatic carbocycles. The minimum Gasteiger partial charge on any atom is -0.508 e. The normalized spacial score (nSPS) is 12.0. The van der Waals surface area contributed by atoms with Crippen molar-refractivity contribution in [2.24, 2.45) is 0 Å². The Hall–Kier alpha value is -1.87. The average Bonchev–Trinajstić information content (AvgIpc) is 2.45. The van der Waals surface area contributed by atoms with Gasteiger partial charge in [-0.05, 0) is 36.2 Å². The quantitative estimate of drug-likeness (QED) is 0.842. The third kappa shape index (κ3) is 3.61. The van der Waals surface area contributed by atoms with Crippen molar-refractivity contribution in [1.29, 1.82) is 0 Å². The molecule has 0 aromatic heterocycles. The number of halogens is 1. The minimum absolute atomic E-state index is 0.169. The summed E-state index contributed by atoms with van der Waals surface area (Å²) in [5.74, 6) is 0.283. The summed E-state index contributed by atoms with van der Waals surface area (Å²) >= 11 is 6.30. The zero-order valence-electron chi connectivity index (χ0n) is 12.6. The second-order valence-corrected chi connectivity index (χ2v) is 5.63. The number of nitrogens with zero attached hydrogens (tertiary/aromatic N) is 1. The molecule has 0 aliphatic rings. The Bertz CT molecular complexity index is 596. The lowest BCUT2D eigenvalue weighted by Gasteiger charge is -2.24. The zero-order valence-corrected chi connectivity index (χ0v) is 13.4. The van der Waals surface area contributed by atoms with Crippen LogP contribution in [0.15, 0.2) is 42.5 Å². The molecule has 0 fully saturated rings. The standard InChI is InChI=1S/C17H21ClN2O/c1-4-15(12-8-10-13(21)11-9-12)19-16-7-5-6-14(18)17(16)20(2)3/h5-11,15,19,21H,4H2,1-3H3. The summed E-state index contributed by atoms with van der Waals surface area (Å²) in [4.78, 5) is 2.01. The van der Waals surface area contributed by atoms with E-state index in [-0.39, 0.29) is 11.8 Å². The van der Waals surface area contributed by atoms with Crippen LogP contribution in [0.1, 0.15) is 24.9 Å². The van der Waals surface area contributed by atoms with Crippen molar-refractivity contribution in [1.82, 2.24) is 0 Å². The molecule has 0 bridgehead atoms. The molecule has 2 aromatic rings. The van der Waals surface area contributed by atoms with E-state index in [0.717, 1.165) is 28.4 Å². The molecular weight excluding hydrogens is 284 g/mol. The predicted molar refractivity (Wildman–Crippen MR) is 90.5 cm³/mol. The number of phenolic OH excluding ortho intramolecular Hbond substituents is 1. The fraction of sp³-hybridized carbons (Fsp3) is 0.294. The molecule has 1 unspecified atom stereocenters. The molecule has 1 atom stereocenters. The number of hydrogen-bond acceptors (Lipinski definition) is 3. The van der Waals surface area contributed by atoms with Crippen LogP contribution in [0.25, 0.3) is 0 Å². The Kier molecular flexibility index (Phi) is 4.97. The van der Waals surface area contributed by atoms with Gasteiger partial charge in [0.2, 0.25) is 0 Å². The number of anilines is 2. The lowest BCUT2D eigenvalue weighted by molar-refractivity contribution is 0.475. The summed E-state index contributed by atoms with van der Waals surface area (Å²) in [6.07, 6.45) is 0.935. The molecule has 0 spiro atoms. The van der Waals surface area contributed by atoms with E-state index >= 15 is 0 Å². The maximum absolute atomic E-state index is 9.41. The molecule has 0 heterocycles. The highest BCUT2D eigenvalue weighted by molar-refractivity contribution is 6.34. The van der Waals surface area contributed by atoms with Crippen LogP contribution in [0.3, 0.4) is 0 Å². The van der Waals surface area contributed by atoms with Crippen molar-refractivity contribution in [3.8, 4) is 5.75 Å². The van der Waals surface area contributed by atoms with Crippen LogP contribution in [0.5, 0.6) is 5.75 Å². The molecule has 2 aromatic carbocycles. The van der Waals surface area contributed by atoms with Gasteiger partial charge in [-0.25, -0.2) is 0 Å². The van der Waals surface area contributed by atoms with Crippen molar-refractivity contribution in [3.05, 3.63) is 53.1 Å². The first-order valence-corrected chi connectivity index (χ1v) is 7.42. The Morgan fingerprint density at radius 3 is 2.38 bits per heavy atom. The predicted octanol–water partition coefficient (Wildman–Crippen LogP) is 4.67. The molecule has 0 radical (unpaired) electrons. The zero-order chi connectivity index (χ0) is 15.4. The van der Waals surface area contributed by atoms with E-state index in [1.807, 2.05) is 49.3 Å². The summed E-state index contributed by atoms with van der Waals surface area (Å²) in [6.45, 7) is 2.13. The van der Waals surface area contributed by atoms with Gasteiger partial charge in [-0.2, -0.15) is 0 Å². The molecule has 112 valence electrons. The fourth-order valence-corrected chi connectivity index (χ4v) is 2.75. The van der Waals surface area contributed by atoms with Crippen molar-refractivity contribution in [3.63, 3.8) is 0 Å². The van der Waals surface area contributed by atoms with Gasteiger partial charge < -0.3 is 15.3 Å². The van der Waals surface area contributed by atoms with Crippen molar-refractivity contribution < 1.29 is 5.11 Å². The highest BCUT2D eigenvalue weighted by Gasteiger charge is 2.14. The van der Waals surface area contributed by atoms with E-state index in [4.69, 9.17) is 11.6 Å². The topological polar surface area (TPSA) is 35.5 Å². The maximum Gasteiger partial charge on any atom is 0.115 e. The van der Waals surface area contributed by atoms with Crippen molar-refractivity contribution in [2.75, 3.05) is 24.3 Å². The maximum atomic E-state index is 9.41. The molecule has 2 N–H and O–H groups in total. The average molecular weight is 305 g/mol. The van der Waals surface area contributed by atoms with Gasteiger partial charge in [0, 0.05) is 14.1 Å². The Morgan fingerprint density at radius 1 is 1.14 bits per heavy atom. The lowest BCUT2D eigenvalue weighted by Crippen LogP contribution is -2.15. The van der Waals surface area contributed by atoms with Gasteiger partial charge in [-0.1, -0.05) is 36.7 Å². The molecule has 21 heavy (non-hydrogen) atoms. The van der Waals surface area contributed by atoms with Crippen LogP contribution >= 0.6 is 11.6 Å². The van der Waals surface area contributed by atoms with Gasteiger partial charge in [-0.15, -0.1) is 0 Å². The number of benzene rings is 2. The van der Waals surface area contributed by atoms with E-state index in [0.29, 0.717) is 0 Å². The van der Waals surface area contributed by atoms with Crippen LogP contribution in [-0.4, -0.2) is 19.2 Å². The number of phenols is 1. The number of para-hydroxylation sites is 1. The molecule has 3 nitrogen and oxygen atoms in total. The minimum atomic E-state index is 0.169. The monoisotopic (exact) mass is 304 g/mol. The van der Waals surface area contributed by atoms with Gasteiger partial charge in [0.15, 0.2) is 0 Å². The number of nitrogens with one attached hydrogen (secondary N) is 1. The largest absolute Gasteiger partial charge is 0.508 e. The second-order valence-electron chi connectivity index (χ2n) is 5.23. The molecule has 4 heteroatoms. The molecular formula is C17H21ClN2O. The van der Waals surface area contributed by atoms with E-state index < -0.39 is 0 Å². The summed E-state index contributed by atoms with van der Waals surface area (Å²) in [5.41, 5.74) is 3.13. The molecule has 0 saturated heterocycles. The van der Waals surface area contributed by atoms with E-state index in [1.54, 1.807) is 12.1 Å². The summed E-state index contributed by atoms with van der Waals surface area (Å²) < 4.78 is 0. The van der Waals surface area contributed by atoms with Gasteiger partial charge in [-0.3, -0.25) is 0 Å². The molecule has 0 aliphatic heterocycles. The van der Waals surface area contributed by atoms with Crippen molar-refractivity contribution >= 4 is 23.0 Å².